The number of nitrogens with zero attached hydrogens (tertiary/aromatic N) is 3. The molecule has 0 spiro atoms. The maximum atomic E-state index is 13.7. The van der Waals surface area contributed by atoms with Crippen molar-refractivity contribution >= 4 is 31.7 Å². The van der Waals surface area contributed by atoms with Crippen molar-refractivity contribution in [3.63, 3.8) is 0 Å². The standard InChI is InChI=1S/C30H26BrN3O4S/c31-24-13-15-25(16-14-24)39(35,36)29-30(38-28(32-29)26-12-7-21-37-26)34-19-17-33(18-20-34)27(22-8-3-1-4-9-22)23-10-5-2-6-11-23/h1-16,21,27H,17-20H2. The molecule has 0 amide bonds. The highest BCUT2D eigenvalue weighted by molar-refractivity contribution is 9.10. The number of furan rings is 1. The molecular formula is C30H26BrN3O4S. The minimum atomic E-state index is -3.94. The topological polar surface area (TPSA) is 79.8 Å². The monoisotopic (exact) mass is 603 g/mol. The summed E-state index contributed by atoms with van der Waals surface area (Å²) in [4.78, 5) is 8.97. The number of halogens is 1. The molecule has 1 saturated heterocycles. The summed E-state index contributed by atoms with van der Waals surface area (Å²) in [6.07, 6.45) is 1.51. The van der Waals surface area contributed by atoms with Crippen molar-refractivity contribution in [2.45, 2.75) is 16.0 Å². The zero-order valence-electron chi connectivity index (χ0n) is 21.0. The van der Waals surface area contributed by atoms with Crippen LogP contribution in [0, 0.1) is 0 Å². The fraction of sp³-hybridized carbons (Fsp3) is 0.167. The maximum absolute atomic E-state index is 13.7. The Morgan fingerprint density at radius 3 is 1.95 bits per heavy atom. The van der Waals surface area contributed by atoms with Gasteiger partial charge in [-0.25, -0.2) is 8.42 Å². The first-order valence-corrected chi connectivity index (χ1v) is 14.9. The normalized spacial score (nSPS) is 14.7. The third kappa shape index (κ3) is 5.17. The number of oxazole rings is 1. The summed E-state index contributed by atoms with van der Waals surface area (Å²) < 4.78 is 39.8. The van der Waals surface area contributed by atoms with Gasteiger partial charge in [0, 0.05) is 30.7 Å². The highest BCUT2D eigenvalue weighted by Gasteiger charge is 2.34. The molecule has 1 fully saturated rings. The van der Waals surface area contributed by atoms with Crippen LogP contribution in [-0.2, 0) is 9.84 Å². The summed E-state index contributed by atoms with van der Waals surface area (Å²) in [5, 5.41) is -0.104. The number of aromatic nitrogens is 1. The molecule has 1 aliphatic heterocycles. The fourth-order valence-corrected chi connectivity index (χ4v) is 6.56. The third-order valence-corrected chi connectivity index (χ3v) is 9.08. The van der Waals surface area contributed by atoms with E-state index >= 15 is 0 Å². The molecule has 6 rings (SSSR count). The Hall–Kier alpha value is -3.66. The summed E-state index contributed by atoms with van der Waals surface area (Å²) >= 11 is 3.37. The Morgan fingerprint density at radius 1 is 0.769 bits per heavy atom. The lowest BCUT2D eigenvalue weighted by atomic mass is 9.96. The summed E-state index contributed by atoms with van der Waals surface area (Å²) in [6, 6.07) is 30.9. The lowest BCUT2D eigenvalue weighted by molar-refractivity contribution is 0.209. The van der Waals surface area contributed by atoms with Crippen molar-refractivity contribution < 1.29 is 17.3 Å². The molecule has 2 aromatic heterocycles. The van der Waals surface area contributed by atoms with Crippen molar-refractivity contribution in [2.24, 2.45) is 0 Å². The molecule has 7 nitrogen and oxygen atoms in total. The van der Waals surface area contributed by atoms with E-state index in [1.54, 1.807) is 36.4 Å². The predicted octanol–water partition coefficient (Wildman–Crippen LogP) is 6.44. The second-order valence-corrected chi connectivity index (χ2v) is 12.1. The molecule has 1 aliphatic rings. The van der Waals surface area contributed by atoms with E-state index in [1.807, 2.05) is 17.0 Å². The van der Waals surface area contributed by atoms with Gasteiger partial charge in [0.2, 0.25) is 20.7 Å². The minimum absolute atomic E-state index is 0.0916. The van der Waals surface area contributed by atoms with Gasteiger partial charge in [0.15, 0.2) is 5.76 Å². The SMILES string of the molecule is O=S(=O)(c1ccc(Br)cc1)c1nc(-c2ccco2)oc1N1CCN(C(c2ccccc2)c2ccccc2)CC1. The first-order chi connectivity index (χ1) is 19.0. The molecule has 0 aliphatic carbocycles. The largest absolute Gasteiger partial charge is 0.459 e. The maximum Gasteiger partial charge on any atom is 0.266 e. The smallest absolute Gasteiger partial charge is 0.266 e. The summed E-state index contributed by atoms with van der Waals surface area (Å²) in [5.74, 6) is 0.750. The first-order valence-electron chi connectivity index (χ1n) is 12.6. The Bertz CT molecular complexity index is 1590. The van der Waals surface area contributed by atoms with Crippen LogP contribution >= 0.6 is 15.9 Å². The summed E-state index contributed by atoms with van der Waals surface area (Å²) in [5.41, 5.74) is 2.44. The van der Waals surface area contributed by atoms with Crippen LogP contribution in [-0.4, -0.2) is 44.5 Å². The van der Waals surface area contributed by atoms with Crippen molar-refractivity contribution in [2.75, 3.05) is 31.1 Å². The fourth-order valence-electron chi connectivity index (χ4n) is 4.97. The van der Waals surface area contributed by atoms with Crippen molar-refractivity contribution in [3.05, 3.63) is 119 Å². The zero-order valence-corrected chi connectivity index (χ0v) is 23.4. The number of benzene rings is 3. The molecule has 5 aromatic rings. The van der Waals surface area contributed by atoms with Gasteiger partial charge < -0.3 is 13.7 Å². The van der Waals surface area contributed by atoms with Crippen LogP contribution in [0.3, 0.4) is 0 Å². The summed E-state index contributed by atoms with van der Waals surface area (Å²) in [7, 11) is -3.94. The first kappa shape index (κ1) is 25.6. The van der Waals surface area contributed by atoms with E-state index in [0.29, 0.717) is 31.9 Å². The lowest BCUT2D eigenvalue weighted by Crippen LogP contribution is -2.48. The molecule has 9 heteroatoms. The van der Waals surface area contributed by atoms with Crippen LogP contribution in [0.4, 0.5) is 5.88 Å². The van der Waals surface area contributed by atoms with E-state index in [2.05, 4.69) is 74.3 Å². The average Bonchev–Trinajstić information content (AvgIpc) is 3.66. The van der Waals surface area contributed by atoms with E-state index in [-0.39, 0.29) is 27.7 Å². The highest BCUT2D eigenvalue weighted by atomic mass is 79.9. The van der Waals surface area contributed by atoms with E-state index in [4.69, 9.17) is 8.83 Å². The Kier molecular flexibility index (Phi) is 7.12. The van der Waals surface area contributed by atoms with Gasteiger partial charge in [0.05, 0.1) is 17.2 Å². The van der Waals surface area contributed by atoms with Crippen LogP contribution in [0.15, 0.2) is 127 Å². The molecular weight excluding hydrogens is 578 g/mol. The van der Waals surface area contributed by atoms with Crippen LogP contribution in [0.1, 0.15) is 17.2 Å². The van der Waals surface area contributed by atoms with Crippen LogP contribution in [0.2, 0.25) is 0 Å². The Balaban J connectivity index is 1.32. The summed E-state index contributed by atoms with van der Waals surface area (Å²) in [6.45, 7) is 2.57. The molecule has 39 heavy (non-hydrogen) atoms. The number of hydrogen-bond acceptors (Lipinski definition) is 7. The Morgan fingerprint density at radius 2 is 1.38 bits per heavy atom. The van der Waals surface area contributed by atoms with Gasteiger partial charge in [0.25, 0.3) is 5.89 Å². The predicted molar refractivity (Wildman–Crippen MR) is 152 cm³/mol. The second-order valence-electron chi connectivity index (χ2n) is 9.31. The van der Waals surface area contributed by atoms with Gasteiger partial charge >= 0.3 is 0 Å². The van der Waals surface area contributed by atoms with Gasteiger partial charge in [-0.1, -0.05) is 76.6 Å². The lowest BCUT2D eigenvalue weighted by Gasteiger charge is -2.39. The van der Waals surface area contributed by atoms with E-state index in [1.165, 1.54) is 17.4 Å². The zero-order chi connectivity index (χ0) is 26.8. The van der Waals surface area contributed by atoms with Crippen molar-refractivity contribution in [1.29, 1.82) is 0 Å². The van der Waals surface area contributed by atoms with Crippen molar-refractivity contribution in [1.82, 2.24) is 9.88 Å². The van der Waals surface area contributed by atoms with Gasteiger partial charge in [-0.3, -0.25) is 4.90 Å². The molecule has 0 radical (unpaired) electrons. The molecule has 0 unspecified atom stereocenters. The number of rotatable bonds is 7. The van der Waals surface area contributed by atoms with E-state index in [9.17, 15) is 8.42 Å². The van der Waals surface area contributed by atoms with Crippen molar-refractivity contribution in [3.8, 4) is 11.7 Å². The molecule has 0 bridgehead atoms. The average molecular weight is 605 g/mol. The quantitative estimate of drug-likeness (QED) is 0.212. The van der Waals surface area contributed by atoms with E-state index < -0.39 is 9.84 Å². The van der Waals surface area contributed by atoms with Crippen LogP contribution in [0.25, 0.3) is 11.7 Å². The van der Waals surface area contributed by atoms with Crippen LogP contribution < -0.4 is 4.90 Å². The Labute approximate surface area is 235 Å². The van der Waals surface area contributed by atoms with Crippen LogP contribution in [0.5, 0.6) is 0 Å². The second kappa shape index (κ2) is 10.8. The number of piperazine rings is 1. The number of hydrogen-bond donors (Lipinski definition) is 0. The minimum Gasteiger partial charge on any atom is -0.459 e. The number of sulfone groups is 1. The number of anilines is 1. The highest BCUT2D eigenvalue weighted by Crippen LogP contribution is 2.37. The molecule has 0 atom stereocenters. The third-order valence-electron chi connectivity index (χ3n) is 6.89. The van der Waals surface area contributed by atoms with Gasteiger partial charge in [0.1, 0.15) is 0 Å². The molecule has 0 N–H and O–H groups in total. The molecule has 3 heterocycles. The molecule has 3 aromatic carbocycles. The van der Waals surface area contributed by atoms with Gasteiger partial charge in [-0.2, -0.15) is 4.98 Å². The van der Waals surface area contributed by atoms with Gasteiger partial charge in [-0.15, -0.1) is 0 Å². The molecule has 0 saturated carbocycles. The van der Waals surface area contributed by atoms with E-state index in [0.717, 1.165) is 4.47 Å². The van der Waals surface area contributed by atoms with Gasteiger partial charge in [-0.05, 0) is 47.5 Å². The molecule has 198 valence electrons.